The van der Waals surface area contributed by atoms with Gasteiger partial charge < -0.3 is 21.8 Å². The fraction of sp³-hybridized carbons (Fsp3) is 0.259. The Labute approximate surface area is 221 Å². The van der Waals surface area contributed by atoms with Crippen LogP contribution < -0.4 is 22.3 Å². The highest BCUT2D eigenvalue weighted by Crippen LogP contribution is 2.40. The number of allylic oxidation sites excluding steroid dienone is 1. The summed E-state index contributed by atoms with van der Waals surface area (Å²) in [6, 6.07) is 8.82. The number of primary amides is 1. The number of halogens is 2. The van der Waals surface area contributed by atoms with Crippen molar-refractivity contribution in [3.8, 4) is 0 Å². The monoisotopic (exact) mass is 539 g/mol. The molecule has 2 heterocycles. The van der Waals surface area contributed by atoms with E-state index in [1.165, 1.54) is 36.4 Å². The zero-order chi connectivity index (χ0) is 27.4. The Morgan fingerprint density at radius 2 is 1.89 bits per heavy atom. The number of thioether (sulfide) groups is 1. The Morgan fingerprint density at radius 1 is 1.13 bits per heavy atom. The maximum atomic E-state index is 13.4. The Morgan fingerprint density at radius 3 is 2.45 bits per heavy atom. The van der Waals surface area contributed by atoms with Crippen LogP contribution in [0.1, 0.15) is 63.4 Å². The number of pyridine rings is 1. The lowest BCUT2D eigenvalue weighted by Gasteiger charge is -2.28. The Hall–Kier alpha value is -3.99. The third-order valence-electron chi connectivity index (χ3n) is 6.50. The number of nitrogens with two attached hydrogens (primary N) is 2. The van der Waals surface area contributed by atoms with Crippen LogP contribution in [-0.2, 0) is 0 Å². The number of fused-ring (bicyclic) bond motifs is 1. The number of carbonyl (C=O) groups excluding carboxylic acids is 2. The van der Waals surface area contributed by atoms with Crippen LogP contribution >= 0.6 is 11.8 Å². The average Bonchev–Trinajstić information content (AvgIpc) is 3.43. The molecule has 1 aliphatic heterocycles. The third kappa shape index (κ3) is 5.77. The van der Waals surface area contributed by atoms with E-state index < -0.39 is 29.5 Å². The molecule has 7 N–H and O–H groups in total. The fourth-order valence-corrected chi connectivity index (χ4v) is 4.98. The van der Waals surface area contributed by atoms with E-state index in [0.717, 1.165) is 24.8 Å². The highest BCUT2D eigenvalue weighted by atomic mass is 32.2. The molecule has 11 heteroatoms. The van der Waals surface area contributed by atoms with Gasteiger partial charge in [0.25, 0.3) is 23.8 Å². The van der Waals surface area contributed by atoms with E-state index in [1.54, 1.807) is 12.1 Å². The summed E-state index contributed by atoms with van der Waals surface area (Å²) in [6.45, 7) is 0. The summed E-state index contributed by atoms with van der Waals surface area (Å²) in [7, 11) is 0. The number of hydrogen-bond acceptors (Lipinski definition) is 6. The molecule has 2 amide bonds. The Balaban J connectivity index is 0.000000603. The number of H-pyrrole nitrogens is 1. The molecule has 198 valence electrons. The van der Waals surface area contributed by atoms with Crippen molar-refractivity contribution < 1.29 is 18.4 Å². The highest BCUT2D eigenvalue weighted by Gasteiger charge is 2.27. The van der Waals surface area contributed by atoms with Crippen LogP contribution in [0.3, 0.4) is 0 Å². The van der Waals surface area contributed by atoms with Crippen LogP contribution in [0, 0.1) is 5.41 Å². The Bertz CT molecular complexity index is 1490. The Kier molecular flexibility index (Phi) is 8.26. The molecule has 1 aromatic heterocycles. The predicted molar refractivity (Wildman–Crippen MR) is 148 cm³/mol. The van der Waals surface area contributed by atoms with Gasteiger partial charge in [0, 0.05) is 22.7 Å². The number of anilines is 2. The van der Waals surface area contributed by atoms with Gasteiger partial charge in [0.05, 0.1) is 11.1 Å². The first-order valence-corrected chi connectivity index (χ1v) is 13.1. The topological polar surface area (TPSA) is 155 Å². The number of carbonyl (C=O) groups is 2. The van der Waals surface area contributed by atoms with Gasteiger partial charge in [-0.05, 0) is 65.8 Å². The third-order valence-corrected chi connectivity index (χ3v) is 7.36. The largest absolute Gasteiger partial charge is 0.398 e. The van der Waals surface area contributed by atoms with Gasteiger partial charge in [-0.25, -0.2) is 8.78 Å². The number of alkyl halides is 2. The summed E-state index contributed by atoms with van der Waals surface area (Å²) in [5, 5.41) is 12.8. The molecule has 38 heavy (non-hydrogen) atoms. The second-order valence-electron chi connectivity index (χ2n) is 9.00. The van der Waals surface area contributed by atoms with Crippen molar-refractivity contribution in [2.75, 3.05) is 16.8 Å². The molecule has 2 aromatic carbocycles. The van der Waals surface area contributed by atoms with Crippen molar-refractivity contribution in [2.24, 2.45) is 5.73 Å². The van der Waals surface area contributed by atoms with Crippen molar-refractivity contribution in [1.82, 2.24) is 4.98 Å². The van der Waals surface area contributed by atoms with Gasteiger partial charge in [0.2, 0.25) is 0 Å². The minimum atomic E-state index is -3.02. The smallest absolute Gasteiger partial charge is 0.280 e. The van der Waals surface area contributed by atoms with E-state index in [1.807, 2.05) is 11.8 Å². The van der Waals surface area contributed by atoms with E-state index in [4.69, 9.17) is 16.9 Å². The molecule has 8 nitrogen and oxygen atoms in total. The standard InChI is InChI=1S/C23H21F2N5O3.C4H6S/c24-20(25)18(27)14-9-12(5-7-16(14)26)29-23(33)17-13(10-2-1-3-10)6-4-11-8-15(21(28)31)22(32)30-19(11)17;1-2-4-5-3-1/h4-10,20,27H,1-3,26H2,(H2,28,31)(H,29,33)(H,30,32);1,3H,2,4H2. The molecule has 1 fully saturated rings. The second kappa shape index (κ2) is 11.6. The van der Waals surface area contributed by atoms with Crippen molar-refractivity contribution in [3.63, 3.8) is 0 Å². The van der Waals surface area contributed by atoms with Gasteiger partial charge in [-0.1, -0.05) is 24.6 Å². The number of rotatable bonds is 6. The molecule has 1 saturated carbocycles. The zero-order valence-electron chi connectivity index (χ0n) is 20.4. The number of amides is 2. The first kappa shape index (κ1) is 27.1. The molecule has 0 unspecified atom stereocenters. The predicted octanol–water partition coefficient (Wildman–Crippen LogP) is 5.00. The SMILES string of the molecule is C1=CSCC1.N=C(c1cc(NC(=O)c2c(C3CCC3)ccc3cc(C(N)=O)c(=O)[nH]c23)ccc1N)C(F)F. The summed E-state index contributed by atoms with van der Waals surface area (Å²) in [5.74, 6) is -0.0177. The minimum absolute atomic E-state index is 0.0121. The fourth-order valence-electron chi connectivity index (χ4n) is 4.30. The van der Waals surface area contributed by atoms with Crippen LogP contribution in [0.2, 0.25) is 0 Å². The number of nitrogen functional groups attached to an aromatic ring is 1. The van der Waals surface area contributed by atoms with E-state index >= 15 is 0 Å². The van der Waals surface area contributed by atoms with E-state index in [9.17, 15) is 23.2 Å². The molecule has 3 aromatic rings. The van der Waals surface area contributed by atoms with Gasteiger partial charge in [0.1, 0.15) is 11.3 Å². The lowest BCUT2D eigenvalue weighted by molar-refractivity contribution is 0.0997. The summed E-state index contributed by atoms with van der Waals surface area (Å²) >= 11 is 1.89. The molecule has 0 radical (unpaired) electrons. The highest BCUT2D eigenvalue weighted by molar-refractivity contribution is 8.02. The first-order valence-electron chi connectivity index (χ1n) is 12.0. The lowest BCUT2D eigenvalue weighted by Crippen LogP contribution is -2.25. The van der Waals surface area contributed by atoms with Crippen LogP contribution in [0.5, 0.6) is 0 Å². The molecule has 0 bridgehead atoms. The van der Waals surface area contributed by atoms with Crippen molar-refractivity contribution >= 4 is 51.6 Å². The van der Waals surface area contributed by atoms with Crippen LogP contribution in [0.15, 0.2) is 52.7 Å². The maximum Gasteiger partial charge on any atom is 0.280 e. The molecular weight excluding hydrogens is 512 g/mol. The summed E-state index contributed by atoms with van der Waals surface area (Å²) < 4.78 is 26.0. The van der Waals surface area contributed by atoms with Crippen molar-refractivity contribution in [1.29, 1.82) is 5.41 Å². The quantitative estimate of drug-likeness (QED) is 0.220. The van der Waals surface area contributed by atoms with Crippen LogP contribution in [-0.4, -0.2) is 34.7 Å². The normalized spacial score (nSPS) is 14.6. The zero-order valence-corrected chi connectivity index (χ0v) is 21.2. The lowest BCUT2D eigenvalue weighted by atomic mass is 9.77. The number of hydrogen-bond donors (Lipinski definition) is 5. The molecule has 0 spiro atoms. The van der Waals surface area contributed by atoms with Crippen molar-refractivity contribution in [3.05, 3.63) is 80.5 Å². The maximum absolute atomic E-state index is 13.4. The molecule has 1 aliphatic carbocycles. The van der Waals surface area contributed by atoms with E-state index in [2.05, 4.69) is 21.8 Å². The average molecular weight is 540 g/mol. The van der Waals surface area contributed by atoms with Gasteiger partial charge >= 0.3 is 0 Å². The molecule has 2 aliphatic rings. The second-order valence-corrected chi connectivity index (χ2v) is 10.0. The molecule has 5 rings (SSSR count). The number of aromatic nitrogens is 1. The summed E-state index contributed by atoms with van der Waals surface area (Å²) in [5.41, 5.74) is 10.3. The first-order chi connectivity index (χ1) is 18.2. The summed E-state index contributed by atoms with van der Waals surface area (Å²) in [4.78, 5) is 39.9. The number of benzene rings is 2. The van der Waals surface area contributed by atoms with Gasteiger partial charge in [-0.3, -0.25) is 19.8 Å². The van der Waals surface area contributed by atoms with Crippen molar-refractivity contribution in [2.45, 2.75) is 38.0 Å². The minimum Gasteiger partial charge on any atom is -0.398 e. The number of nitrogens with one attached hydrogen (secondary N) is 3. The van der Waals surface area contributed by atoms with Gasteiger partial charge in [0.15, 0.2) is 0 Å². The van der Waals surface area contributed by atoms with E-state index in [-0.39, 0.29) is 39.5 Å². The number of aromatic amines is 1. The molecule has 0 saturated heterocycles. The van der Waals surface area contributed by atoms with E-state index in [0.29, 0.717) is 5.39 Å². The van der Waals surface area contributed by atoms with Crippen LogP contribution in [0.25, 0.3) is 10.9 Å². The van der Waals surface area contributed by atoms with Gasteiger partial charge in [-0.15, -0.1) is 11.8 Å². The van der Waals surface area contributed by atoms with Crippen LogP contribution in [0.4, 0.5) is 20.2 Å². The molecular formula is C27H27F2N5O3S. The molecule has 0 atom stereocenters. The van der Waals surface area contributed by atoms with Gasteiger partial charge in [-0.2, -0.15) is 0 Å². The summed E-state index contributed by atoms with van der Waals surface area (Å²) in [6.07, 6.45) is 3.23.